The predicted octanol–water partition coefficient (Wildman–Crippen LogP) is 4.45. The van der Waals surface area contributed by atoms with Gasteiger partial charge in [-0.05, 0) is 64.5 Å². The van der Waals surface area contributed by atoms with Crippen LogP contribution >= 0.6 is 0 Å². The van der Waals surface area contributed by atoms with Crippen molar-refractivity contribution in [2.24, 2.45) is 5.41 Å². The molecular formula is C31H37N5O4. The Morgan fingerprint density at radius 1 is 1.05 bits per heavy atom. The number of ether oxygens (including phenoxy) is 1. The lowest BCUT2D eigenvalue weighted by atomic mass is 9.54. The molecule has 0 saturated heterocycles. The molecule has 210 valence electrons. The topological polar surface area (TPSA) is 104 Å². The van der Waals surface area contributed by atoms with E-state index in [1.165, 1.54) is 30.3 Å². The molecule has 0 radical (unpaired) electrons. The highest BCUT2D eigenvalue weighted by Crippen LogP contribution is 2.57. The summed E-state index contributed by atoms with van der Waals surface area (Å²) in [7, 11) is 0. The summed E-state index contributed by atoms with van der Waals surface area (Å²) in [5.41, 5.74) is 2.81. The van der Waals surface area contributed by atoms with Gasteiger partial charge in [-0.1, -0.05) is 36.8 Å². The number of hydrogen-bond donors (Lipinski definition) is 1. The molecule has 2 aliphatic carbocycles. The van der Waals surface area contributed by atoms with Gasteiger partial charge in [-0.15, -0.1) is 0 Å². The standard InChI is InChI=1S/C31H37N5O4/c1-20(2)36-28-26(29(38)34(30(36)39)17-8-18-37)35(19-22-9-5-4-6-10-22)27(33-28)23-11-12-25(32-21(23)3)40-24-13-16-31(24)14-7-15-31/h4-6,9-12,20,24,37H,7-8,13-19H2,1-3H3. The maximum atomic E-state index is 13.9. The third-order valence-corrected chi connectivity index (χ3v) is 8.80. The number of aliphatic hydroxyl groups is 1. The van der Waals surface area contributed by atoms with Crippen molar-refractivity contribution >= 4 is 11.2 Å². The molecule has 0 amide bonds. The van der Waals surface area contributed by atoms with Crippen LogP contribution in [0.2, 0.25) is 0 Å². The second-order valence-corrected chi connectivity index (χ2v) is 11.6. The minimum absolute atomic E-state index is 0.110. The summed E-state index contributed by atoms with van der Waals surface area (Å²) < 4.78 is 11.1. The number of aryl methyl sites for hydroxylation is 1. The van der Waals surface area contributed by atoms with Crippen LogP contribution in [0.5, 0.6) is 5.88 Å². The normalized spacial score (nSPS) is 17.8. The third-order valence-electron chi connectivity index (χ3n) is 8.80. The first-order valence-corrected chi connectivity index (χ1v) is 14.4. The molecule has 1 aromatic carbocycles. The van der Waals surface area contributed by atoms with Crippen molar-refractivity contribution in [1.82, 2.24) is 23.7 Å². The summed E-state index contributed by atoms with van der Waals surface area (Å²) in [5, 5.41) is 9.42. The average molecular weight is 544 g/mol. The van der Waals surface area contributed by atoms with E-state index in [0.29, 0.717) is 41.2 Å². The summed E-state index contributed by atoms with van der Waals surface area (Å²) >= 11 is 0. The second-order valence-electron chi connectivity index (χ2n) is 11.6. The Balaban J connectivity index is 1.50. The summed E-state index contributed by atoms with van der Waals surface area (Å²) in [6.45, 7) is 6.18. The van der Waals surface area contributed by atoms with Crippen LogP contribution in [0, 0.1) is 12.3 Å². The van der Waals surface area contributed by atoms with Crippen molar-refractivity contribution in [2.75, 3.05) is 6.61 Å². The molecule has 0 aliphatic heterocycles. The van der Waals surface area contributed by atoms with Gasteiger partial charge in [0.2, 0.25) is 5.88 Å². The molecule has 1 unspecified atom stereocenters. The number of imidazole rings is 1. The maximum absolute atomic E-state index is 13.9. The van der Waals surface area contributed by atoms with Gasteiger partial charge in [0, 0.05) is 42.8 Å². The number of nitrogens with zero attached hydrogens (tertiary/aromatic N) is 5. The van der Waals surface area contributed by atoms with E-state index >= 15 is 0 Å². The van der Waals surface area contributed by atoms with Crippen LogP contribution in [0.15, 0.2) is 52.1 Å². The molecule has 2 fully saturated rings. The highest BCUT2D eigenvalue weighted by molar-refractivity contribution is 5.78. The number of hydrogen-bond acceptors (Lipinski definition) is 6. The number of rotatable bonds is 9. The molecule has 2 saturated carbocycles. The van der Waals surface area contributed by atoms with Crippen LogP contribution in [0.1, 0.15) is 69.7 Å². The van der Waals surface area contributed by atoms with Crippen LogP contribution in [0.4, 0.5) is 0 Å². The Morgan fingerprint density at radius 2 is 1.82 bits per heavy atom. The van der Waals surface area contributed by atoms with Gasteiger partial charge in [0.25, 0.3) is 5.56 Å². The number of pyridine rings is 1. The first kappa shape index (κ1) is 26.5. The number of benzene rings is 1. The van der Waals surface area contributed by atoms with E-state index in [4.69, 9.17) is 14.7 Å². The summed E-state index contributed by atoms with van der Waals surface area (Å²) in [4.78, 5) is 37.1. The molecule has 9 nitrogen and oxygen atoms in total. The van der Waals surface area contributed by atoms with Crippen LogP contribution in [-0.2, 0) is 13.1 Å². The third kappa shape index (κ3) is 4.36. The lowest BCUT2D eigenvalue weighted by molar-refractivity contribution is -0.102. The molecule has 1 spiro atoms. The molecule has 1 N–H and O–H groups in total. The lowest BCUT2D eigenvalue weighted by Gasteiger charge is -2.55. The Hall–Kier alpha value is -3.72. The van der Waals surface area contributed by atoms with E-state index in [2.05, 4.69) is 0 Å². The second kappa shape index (κ2) is 10.4. The fourth-order valence-electron chi connectivity index (χ4n) is 6.31. The fourth-order valence-corrected chi connectivity index (χ4v) is 6.31. The van der Waals surface area contributed by atoms with Crippen LogP contribution < -0.4 is 16.0 Å². The summed E-state index contributed by atoms with van der Waals surface area (Å²) in [6, 6.07) is 13.5. The lowest BCUT2D eigenvalue weighted by Crippen LogP contribution is -2.52. The molecule has 40 heavy (non-hydrogen) atoms. The van der Waals surface area contributed by atoms with E-state index in [9.17, 15) is 14.7 Å². The zero-order valence-corrected chi connectivity index (χ0v) is 23.5. The molecule has 3 heterocycles. The summed E-state index contributed by atoms with van der Waals surface area (Å²) in [5.74, 6) is 1.20. The van der Waals surface area contributed by atoms with E-state index in [0.717, 1.165) is 23.2 Å². The Morgan fingerprint density at radius 3 is 2.42 bits per heavy atom. The van der Waals surface area contributed by atoms with Gasteiger partial charge in [0.1, 0.15) is 11.9 Å². The Bertz CT molecular complexity index is 1660. The molecule has 6 rings (SSSR count). The molecule has 1 atom stereocenters. The monoisotopic (exact) mass is 543 g/mol. The zero-order valence-electron chi connectivity index (χ0n) is 23.5. The molecule has 4 aromatic rings. The number of aliphatic hydroxyl groups excluding tert-OH is 1. The van der Waals surface area contributed by atoms with Gasteiger partial charge in [-0.3, -0.25) is 13.9 Å². The smallest absolute Gasteiger partial charge is 0.332 e. The summed E-state index contributed by atoms with van der Waals surface area (Å²) in [6.07, 6.45) is 6.63. The van der Waals surface area contributed by atoms with Crippen molar-refractivity contribution in [1.29, 1.82) is 0 Å². The maximum Gasteiger partial charge on any atom is 0.332 e. The molecular weight excluding hydrogens is 506 g/mol. The molecule has 3 aromatic heterocycles. The number of aromatic nitrogens is 5. The van der Waals surface area contributed by atoms with Crippen LogP contribution in [0.25, 0.3) is 22.6 Å². The highest BCUT2D eigenvalue weighted by Gasteiger charge is 2.52. The van der Waals surface area contributed by atoms with Gasteiger partial charge < -0.3 is 14.4 Å². The molecule has 2 aliphatic rings. The van der Waals surface area contributed by atoms with Crippen molar-refractivity contribution in [2.45, 2.75) is 84.5 Å². The average Bonchev–Trinajstić information content (AvgIpc) is 3.24. The Kier molecular flexibility index (Phi) is 6.86. The Labute approximate surface area is 233 Å². The fraction of sp³-hybridized carbons (Fsp3) is 0.484. The van der Waals surface area contributed by atoms with Crippen LogP contribution in [0.3, 0.4) is 0 Å². The minimum Gasteiger partial charge on any atom is -0.474 e. The number of fused-ring (bicyclic) bond motifs is 1. The van der Waals surface area contributed by atoms with E-state index in [1.807, 2.05) is 67.8 Å². The minimum atomic E-state index is -0.416. The van der Waals surface area contributed by atoms with Gasteiger partial charge in [-0.2, -0.15) is 0 Å². The van der Waals surface area contributed by atoms with Crippen LogP contribution in [-0.4, -0.2) is 41.5 Å². The van der Waals surface area contributed by atoms with Crippen molar-refractivity contribution in [3.63, 3.8) is 0 Å². The highest BCUT2D eigenvalue weighted by atomic mass is 16.5. The first-order chi connectivity index (χ1) is 19.3. The van der Waals surface area contributed by atoms with E-state index in [1.54, 1.807) is 4.57 Å². The van der Waals surface area contributed by atoms with Gasteiger partial charge >= 0.3 is 5.69 Å². The first-order valence-electron chi connectivity index (χ1n) is 14.4. The van der Waals surface area contributed by atoms with Crippen molar-refractivity contribution in [3.05, 3.63) is 74.6 Å². The van der Waals surface area contributed by atoms with Crippen molar-refractivity contribution < 1.29 is 9.84 Å². The SMILES string of the molecule is Cc1nc(OC2CCC23CCC3)ccc1-c1nc2c(c(=O)n(CCCO)c(=O)n2C(C)C)n1Cc1ccccc1. The molecule has 0 bridgehead atoms. The van der Waals surface area contributed by atoms with E-state index in [-0.39, 0.29) is 25.3 Å². The van der Waals surface area contributed by atoms with Gasteiger partial charge in [0.15, 0.2) is 11.2 Å². The molecule has 9 heteroatoms. The van der Waals surface area contributed by atoms with Crippen molar-refractivity contribution in [3.8, 4) is 17.3 Å². The van der Waals surface area contributed by atoms with Gasteiger partial charge in [0.05, 0.1) is 5.69 Å². The quantitative estimate of drug-likeness (QED) is 0.334. The predicted molar refractivity (Wildman–Crippen MR) is 154 cm³/mol. The van der Waals surface area contributed by atoms with Gasteiger partial charge in [-0.25, -0.2) is 14.8 Å². The largest absolute Gasteiger partial charge is 0.474 e. The van der Waals surface area contributed by atoms with E-state index < -0.39 is 11.2 Å². The zero-order chi connectivity index (χ0) is 28.0.